The molecule has 4 heterocycles. The van der Waals surface area contributed by atoms with Gasteiger partial charge in [0.1, 0.15) is 23.5 Å². The first kappa shape index (κ1) is 31.3. The molecule has 1 saturated heterocycles. The predicted molar refractivity (Wildman–Crippen MR) is 175 cm³/mol. The minimum Gasteiger partial charge on any atom is -0.369 e. The number of rotatable bonds is 8. The Morgan fingerprint density at radius 1 is 1.02 bits per heavy atom. The number of benzene rings is 2. The number of carbonyl (C=O) groups excluding carboxylic acids is 2. The number of hydrogen-bond donors (Lipinski definition) is 2. The Morgan fingerprint density at radius 3 is 2.57 bits per heavy atom. The molecule has 2 atom stereocenters. The molecule has 2 N–H and O–H groups in total. The summed E-state index contributed by atoms with van der Waals surface area (Å²) in [6, 6.07) is 10.8. The molecule has 2 aromatic carbocycles. The number of piperazine rings is 1. The van der Waals surface area contributed by atoms with Crippen LogP contribution in [-0.2, 0) is 11.3 Å². The molecule has 2 aliphatic heterocycles. The van der Waals surface area contributed by atoms with E-state index in [0.29, 0.717) is 45.0 Å². The summed E-state index contributed by atoms with van der Waals surface area (Å²) in [5, 5.41) is 6.36. The van der Waals surface area contributed by atoms with Gasteiger partial charge in [-0.25, -0.2) is 24.3 Å². The molecule has 46 heavy (non-hydrogen) atoms. The van der Waals surface area contributed by atoms with Crippen LogP contribution >= 0.6 is 11.6 Å². The van der Waals surface area contributed by atoms with Gasteiger partial charge in [0, 0.05) is 55.7 Å². The van der Waals surface area contributed by atoms with Crippen LogP contribution in [-0.4, -0.2) is 80.8 Å². The highest BCUT2D eigenvalue weighted by Crippen LogP contribution is 2.33. The van der Waals surface area contributed by atoms with Crippen molar-refractivity contribution in [3.63, 3.8) is 0 Å². The SMILES string of the molecule is Cc1nccc(Nc2ncc(Cl)c(-c3ccc4c(c3)C(=O)N([C@H](C)C(=O)N[C@H](C)c3cc(F)cc(N5CCN(C)CC5)c3)C4)n2)n1. The van der Waals surface area contributed by atoms with Crippen LogP contribution in [0.1, 0.15) is 47.2 Å². The van der Waals surface area contributed by atoms with Crippen LogP contribution in [0, 0.1) is 12.7 Å². The Balaban J connectivity index is 1.15. The predicted octanol–water partition coefficient (Wildman–Crippen LogP) is 4.75. The van der Waals surface area contributed by atoms with E-state index < -0.39 is 12.1 Å². The largest absolute Gasteiger partial charge is 0.369 e. The zero-order chi connectivity index (χ0) is 32.5. The number of aromatic nitrogens is 4. The lowest BCUT2D eigenvalue weighted by Crippen LogP contribution is -2.46. The molecule has 2 amide bonds. The number of carbonyl (C=O) groups is 2. The van der Waals surface area contributed by atoms with E-state index in [1.165, 1.54) is 23.2 Å². The summed E-state index contributed by atoms with van der Waals surface area (Å²) in [5.41, 5.74) is 3.82. The van der Waals surface area contributed by atoms with E-state index in [1.54, 1.807) is 32.2 Å². The van der Waals surface area contributed by atoms with Crippen molar-refractivity contribution in [2.45, 2.75) is 39.4 Å². The van der Waals surface area contributed by atoms with E-state index >= 15 is 0 Å². The quantitative estimate of drug-likeness (QED) is 0.280. The van der Waals surface area contributed by atoms with Gasteiger partial charge in [-0.05, 0) is 69.3 Å². The normalized spacial score (nSPS) is 16.3. The number of fused-ring (bicyclic) bond motifs is 1. The Morgan fingerprint density at radius 2 is 1.80 bits per heavy atom. The second-order valence-corrected chi connectivity index (χ2v) is 12.2. The van der Waals surface area contributed by atoms with Crippen molar-refractivity contribution in [2.24, 2.45) is 0 Å². The maximum absolute atomic E-state index is 14.7. The van der Waals surface area contributed by atoms with Crippen LogP contribution in [0.5, 0.6) is 0 Å². The van der Waals surface area contributed by atoms with Gasteiger partial charge in [0.15, 0.2) is 0 Å². The van der Waals surface area contributed by atoms with E-state index in [2.05, 4.69) is 47.4 Å². The number of nitrogens with one attached hydrogen (secondary N) is 2. The topological polar surface area (TPSA) is 119 Å². The Hall–Kier alpha value is -4.68. The van der Waals surface area contributed by atoms with Gasteiger partial charge in [0.25, 0.3) is 5.91 Å². The lowest BCUT2D eigenvalue weighted by molar-refractivity contribution is -0.125. The summed E-state index contributed by atoms with van der Waals surface area (Å²) < 4.78 is 14.7. The fraction of sp³-hybridized carbons (Fsp3) is 0.333. The lowest BCUT2D eigenvalue weighted by Gasteiger charge is -2.34. The lowest BCUT2D eigenvalue weighted by atomic mass is 10.0. The third-order valence-corrected chi connectivity index (χ3v) is 8.73. The third kappa shape index (κ3) is 6.63. The minimum atomic E-state index is -0.758. The first-order valence-electron chi connectivity index (χ1n) is 15.1. The fourth-order valence-electron chi connectivity index (χ4n) is 5.71. The molecule has 0 spiro atoms. The van der Waals surface area contributed by atoms with Crippen molar-refractivity contribution in [3.05, 3.63) is 88.2 Å². The van der Waals surface area contributed by atoms with Gasteiger partial charge in [-0.2, -0.15) is 0 Å². The highest BCUT2D eigenvalue weighted by atomic mass is 35.5. The Labute approximate surface area is 271 Å². The summed E-state index contributed by atoms with van der Waals surface area (Å²) in [6.45, 7) is 8.99. The number of likely N-dealkylation sites (N-methyl/N-ethyl adjacent to an activating group) is 1. The number of amides is 2. The van der Waals surface area contributed by atoms with Crippen LogP contribution in [0.25, 0.3) is 11.3 Å². The number of nitrogens with zero attached hydrogens (tertiary/aromatic N) is 7. The molecule has 0 aliphatic carbocycles. The zero-order valence-electron chi connectivity index (χ0n) is 26.1. The van der Waals surface area contributed by atoms with Crippen LogP contribution in [0.2, 0.25) is 5.02 Å². The second kappa shape index (κ2) is 13.0. The number of hydrogen-bond acceptors (Lipinski definition) is 9. The van der Waals surface area contributed by atoms with Gasteiger partial charge in [0.2, 0.25) is 11.9 Å². The third-order valence-electron chi connectivity index (χ3n) is 8.45. The Kier molecular flexibility index (Phi) is 8.83. The van der Waals surface area contributed by atoms with Gasteiger partial charge >= 0.3 is 0 Å². The highest BCUT2D eigenvalue weighted by molar-refractivity contribution is 6.33. The highest BCUT2D eigenvalue weighted by Gasteiger charge is 2.35. The van der Waals surface area contributed by atoms with Crippen LogP contribution < -0.4 is 15.5 Å². The number of halogens is 2. The van der Waals surface area contributed by atoms with Crippen molar-refractivity contribution in [2.75, 3.05) is 43.4 Å². The second-order valence-electron chi connectivity index (χ2n) is 11.7. The molecule has 0 unspecified atom stereocenters. The fourth-order valence-corrected chi connectivity index (χ4v) is 5.91. The first-order chi connectivity index (χ1) is 22.0. The van der Waals surface area contributed by atoms with E-state index in [4.69, 9.17) is 11.6 Å². The molecule has 4 aromatic rings. The average Bonchev–Trinajstić information content (AvgIpc) is 3.37. The van der Waals surface area contributed by atoms with Gasteiger partial charge in [-0.1, -0.05) is 23.7 Å². The monoisotopic (exact) mass is 643 g/mol. The molecule has 6 rings (SSSR count). The molecule has 2 aromatic heterocycles. The molecule has 13 heteroatoms. The molecule has 1 fully saturated rings. The smallest absolute Gasteiger partial charge is 0.255 e. The molecule has 238 valence electrons. The van der Waals surface area contributed by atoms with Crippen LogP contribution in [0.3, 0.4) is 0 Å². The minimum absolute atomic E-state index is 0.268. The molecule has 0 saturated carbocycles. The summed E-state index contributed by atoms with van der Waals surface area (Å²) in [5.74, 6) is 0.485. The summed E-state index contributed by atoms with van der Waals surface area (Å²) in [4.78, 5) is 50.1. The van der Waals surface area contributed by atoms with Gasteiger partial charge in [-0.15, -0.1) is 0 Å². The molecule has 0 radical (unpaired) electrons. The maximum Gasteiger partial charge on any atom is 0.255 e. The van der Waals surface area contributed by atoms with E-state index in [9.17, 15) is 14.0 Å². The summed E-state index contributed by atoms with van der Waals surface area (Å²) >= 11 is 6.48. The molecule has 11 nitrogen and oxygen atoms in total. The van der Waals surface area contributed by atoms with Gasteiger partial charge in [0.05, 0.1) is 23.0 Å². The van der Waals surface area contributed by atoms with Gasteiger partial charge in [-0.3, -0.25) is 9.59 Å². The van der Waals surface area contributed by atoms with E-state index in [-0.39, 0.29) is 24.2 Å². The van der Waals surface area contributed by atoms with Gasteiger partial charge < -0.3 is 25.3 Å². The Bertz CT molecular complexity index is 1800. The first-order valence-corrected chi connectivity index (χ1v) is 15.5. The van der Waals surface area contributed by atoms with Crippen molar-refractivity contribution in [1.82, 2.24) is 35.1 Å². The van der Waals surface area contributed by atoms with Crippen molar-refractivity contribution < 1.29 is 14.0 Å². The summed E-state index contributed by atoms with van der Waals surface area (Å²) in [6.07, 6.45) is 3.12. The van der Waals surface area contributed by atoms with Crippen LogP contribution in [0.15, 0.2) is 54.9 Å². The molecule has 2 aliphatic rings. The number of aryl methyl sites for hydroxylation is 1. The molecule has 0 bridgehead atoms. The van der Waals surface area contributed by atoms with Crippen molar-refractivity contribution in [3.8, 4) is 11.3 Å². The van der Waals surface area contributed by atoms with Crippen molar-refractivity contribution in [1.29, 1.82) is 0 Å². The van der Waals surface area contributed by atoms with Crippen molar-refractivity contribution >= 4 is 40.9 Å². The number of anilines is 3. The van der Waals surface area contributed by atoms with E-state index in [0.717, 1.165) is 37.4 Å². The van der Waals surface area contributed by atoms with E-state index in [1.807, 2.05) is 25.1 Å². The summed E-state index contributed by atoms with van der Waals surface area (Å²) in [7, 11) is 2.07. The zero-order valence-corrected chi connectivity index (χ0v) is 26.8. The molecular formula is C33H35ClFN9O2. The van der Waals surface area contributed by atoms with Crippen LogP contribution in [0.4, 0.5) is 21.8 Å². The maximum atomic E-state index is 14.7. The average molecular weight is 644 g/mol. The standard InChI is InChI=1S/C33H35ClFN9O2/c1-19(24-13-25(35)16-26(14-24)43-11-9-42(4)10-12-43)38-31(45)20(2)44-18-23-6-5-22(15-27(23)32(44)46)30-28(34)17-37-33(41-30)40-29-7-8-36-21(3)39-29/h5-8,13-17,19-20H,9-12,18H2,1-4H3,(H,38,45)(H,36,37,39,40,41)/t19-,20-/m1/s1. The molecular weight excluding hydrogens is 609 g/mol.